The van der Waals surface area contributed by atoms with Crippen LogP contribution in [-0.2, 0) is 17.8 Å². The Labute approximate surface area is 103 Å². The highest BCUT2D eigenvalue weighted by atomic mass is 32.1. The number of nitrogens with one attached hydrogen (secondary N) is 1. The predicted molar refractivity (Wildman–Crippen MR) is 64.1 cm³/mol. The summed E-state index contributed by atoms with van der Waals surface area (Å²) >= 11 is 1.66. The van der Waals surface area contributed by atoms with E-state index in [2.05, 4.69) is 11.4 Å². The molecular weight excluding hydrogens is 240 g/mol. The van der Waals surface area contributed by atoms with E-state index in [1.807, 2.05) is 5.38 Å². The van der Waals surface area contributed by atoms with Crippen LogP contribution in [0.2, 0.25) is 0 Å². The zero-order valence-corrected chi connectivity index (χ0v) is 10.1. The Balaban J connectivity index is 1.84. The van der Waals surface area contributed by atoms with Gasteiger partial charge in [-0.1, -0.05) is 0 Å². The van der Waals surface area contributed by atoms with Gasteiger partial charge in [-0.05, 0) is 23.4 Å². The summed E-state index contributed by atoms with van der Waals surface area (Å²) in [6, 6.07) is 1.92. The average molecular weight is 254 g/mol. The number of urea groups is 1. The molecule has 2 rings (SSSR count). The van der Waals surface area contributed by atoms with Gasteiger partial charge in [-0.3, -0.25) is 4.79 Å². The standard InChI is InChI=1S/C11H14N2O3S/c14-10(15)1-4-12-11(16)13-5-2-8-3-6-17-9(8)7-13/h3,6H,1-2,4-5,7H2,(H,12,16)(H,14,15). The van der Waals surface area contributed by atoms with E-state index in [4.69, 9.17) is 5.11 Å². The minimum atomic E-state index is -0.899. The molecule has 1 aromatic rings. The zero-order chi connectivity index (χ0) is 12.3. The molecule has 1 aliphatic rings. The van der Waals surface area contributed by atoms with Crippen molar-refractivity contribution in [3.05, 3.63) is 21.9 Å². The molecule has 0 atom stereocenters. The molecule has 6 heteroatoms. The number of amides is 2. The molecule has 92 valence electrons. The largest absolute Gasteiger partial charge is 0.481 e. The van der Waals surface area contributed by atoms with Crippen molar-refractivity contribution in [2.75, 3.05) is 13.1 Å². The molecule has 0 bridgehead atoms. The van der Waals surface area contributed by atoms with Gasteiger partial charge in [-0.25, -0.2) is 4.79 Å². The third-order valence-electron chi connectivity index (χ3n) is 2.73. The van der Waals surface area contributed by atoms with E-state index in [1.165, 1.54) is 10.4 Å². The van der Waals surface area contributed by atoms with Crippen molar-refractivity contribution in [1.29, 1.82) is 0 Å². The Morgan fingerprint density at radius 3 is 3.12 bits per heavy atom. The molecule has 5 nitrogen and oxygen atoms in total. The smallest absolute Gasteiger partial charge is 0.317 e. The van der Waals surface area contributed by atoms with Crippen LogP contribution in [0.15, 0.2) is 11.4 Å². The van der Waals surface area contributed by atoms with Crippen LogP contribution in [0.3, 0.4) is 0 Å². The molecule has 1 aromatic heterocycles. The second kappa shape index (κ2) is 5.18. The van der Waals surface area contributed by atoms with Crippen molar-refractivity contribution in [2.24, 2.45) is 0 Å². The number of carbonyl (C=O) groups excluding carboxylic acids is 1. The number of fused-ring (bicyclic) bond motifs is 1. The predicted octanol–water partition coefficient (Wildman–Crippen LogP) is 1.29. The Kier molecular flexibility index (Phi) is 3.63. The Morgan fingerprint density at radius 1 is 1.53 bits per heavy atom. The van der Waals surface area contributed by atoms with Crippen LogP contribution in [0.25, 0.3) is 0 Å². The first kappa shape index (κ1) is 11.9. The van der Waals surface area contributed by atoms with Gasteiger partial charge in [-0.2, -0.15) is 0 Å². The molecule has 2 amide bonds. The van der Waals surface area contributed by atoms with Crippen LogP contribution in [0.5, 0.6) is 0 Å². The third kappa shape index (κ3) is 2.97. The third-order valence-corrected chi connectivity index (χ3v) is 3.67. The SMILES string of the molecule is O=C(O)CCNC(=O)N1CCc2ccsc2C1. The van der Waals surface area contributed by atoms with Crippen molar-refractivity contribution in [3.63, 3.8) is 0 Å². The number of carbonyl (C=O) groups is 2. The molecule has 0 saturated heterocycles. The van der Waals surface area contributed by atoms with Crippen LogP contribution in [0.1, 0.15) is 16.9 Å². The molecule has 0 aliphatic carbocycles. The van der Waals surface area contributed by atoms with Gasteiger partial charge in [-0.15, -0.1) is 11.3 Å². The van der Waals surface area contributed by atoms with E-state index in [-0.39, 0.29) is 19.0 Å². The van der Waals surface area contributed by atoms with Crippen molar-refractivity contribution in [3.8, 4) is 0 Å². The molecule has 0 unspecified atom stereocenters. The van der Waals surface area contributed by atoms with E-state index in [0.29, 0.717) is 13.1 Å². The lowest BCUT2D eigenvalue weighted by Gasteiger charge is -2.26. The number of hydrogen-bond acceptors (Lipinski definition) is 3. The minimum absolute atomic E-state index is 0.0379. The first-order valence-corrected chi connectivity index (χ1v) is 6.34. The van der Waals surface area contributed by atoms with Gasteiger partial charge in [0.15, 0.2) is 0 Å². The lowest BCUT2D eigenvalue weighted by atomic mass is 10.1. The normalized spacial score (nSPS) is 14.2. The lowest BCUT2D eigenvalue weighted by molar-refractivity contribution is -0.136. The van der Waals surface area contributed by atoms with Gasteiger partial charge < -0.3 is 15.3 Å². The van der Waals surface area contributed by atoms with Gasteiger partial charge >= 0.3 is 12.0 Å². The number of aliphatic carboxylic acids is 1. The first-order chi connectivity index (χ1) is 8.16. The Morgan fingerprint density at radius 2 is 2.35 bits per heavy atom. The van der Waals surface area contributed by atoms with Gasteiger partial charge in [0.2, 0.25) is 0 Å². The fourth-order valence-electron chi connectivity index (χ4n) is 1.80. The van der Waals surface area contributed by atoms with Crippen LogP contribution >= 0.6 is 11.3 Å². The summed E-state index contributed by atoms with van der Waals surface area (Å²) in [7, 11) is 0. The Bertz CT molecular complexity index is 430. The molecular formula is C11H14N2O3S. The molecule has 2 N–H and O–H groups in total. The fourth-order valence-corrected chi connectivity index (χ4v) is 2.75. The molecule has 17 heavy (non-hydrogen) atoms. The maximum absolute atomic E-state index is 11.7. The van der Waals surface area contributed by atoms with E-state index < -0.39 is 5.97 Å². The van der Waals surface area contributed by atoms with E-state index in [1.54, 1.807) is 16.2 Å². The molecule has 0 saturated carbocycles. The number of rotatable bonds is 3. The number of carboxylic acid groups (broad SMARTS) is 1. The number of carboxylic acids is 1. The van der Waals surface area contributed by atoms with Crippen LogP contribution in [0.4, 0.5) is 4.79 Å². The van der Waals surface area contributed by atoms with E-state index >= 15 is 0 Å². The molecule has 0 fully saturated rings. The number of nitrogens with zero attached hydrogens (tertiary/aromatic N) is 1. The molecule has 1 aliphatic heterocycles. The summed E-state index contributed by atoms with van der Waals surface area (Å²) in [6.07, 6.45) is 0.842. The van der Waals surface area contributed by atoms with Crippen LogP contribution in [-0.4, -0.2) is 35.1 Å². The van der Waals surface area contributed by atoms with E-state index in [0.717, 1.165) is 6.42 Å². The quantitative estimate of drug-likeness (QED) is 0.854. The summed E-state index contributed by atoms with van der Waals surface area (Å²) < 4.78 is 0. The van der Waals surface area contributed by atoms with Crippen LogP contribution < -0.4 is 5.32 Å². The first-order valence-electron chi connectivity index (χ1n) is 5.46. The van der Waals surface area contributed by atoms with Crippen molar-refractivity contribution in [1.82, 2.24) is 10.2 Å². The second-order valence-corrected chi connectivity index (χ2v) is 4.92. The van der Waals surface area contributed by atoms with Crippen molar-refractivity contribution < 1.29 is 14.7 Å². The van der Waals surface area contributed by atoms with Gasteiger partial charge in [0.05, 0.1) is 13.0 Å². The summed E-state index contributed by atoms with van der Waals surface area (Å²) in [5.41, 5.74) is 1.32. The lowest BCUT2D eigenvalue weighted by Crippen LogP contribution is -2.42. The molecule has 0 spiro atoms. The average Bonchev–Trinajstić information content (AvgIpc) is 2.75. The van der Waals surface area contributed by atoms with E-state index in [9.17, 15) is 9.59 Å². The molecule has 0 radical (unpaired) electrons. The maximum atomic E-state index is 11.7. The summed E-state index contributed by atoms with van der Waals surface area (Å²) in [4.78, 5) is 25.0. The summed E-state index contributed by atoms with van der Waals surface area (Å²) in [5.74, 6) is -0.899. The molecule has 0 aromatic carbocycles. The topological polar surface area (TPSA) is 69.6 Å². The van der Waals surface area contributed by atoms with Crippen LogP contribution in [0, 0.1) is 0 Å². The highest BCUT2D eigenvalue weighted by Crippen LogP contribution is 2.23. The zero-order valence-electron chi connectivity index (χ0n) is 9.31. The number of thiophene rings is 1. The fraction of sp³-hybridized carbons (Fsp3) is 0.455. The highest BCUT2D eigenvalue weighted by molar-refractivity contribution is 7.10. The maximum Gasteiger partial charge on any atom is 0.317 e. The Hall–Kier alpha value is -1.56. The second-order valence-electron chi connectivity index (χ2n) is 3.92. The van der Waals surface area contributed by atoms with Gasteiger partial charge in [0.25, 0.3) is 0 Å². The number of hydrogen-bond donors (Lipinski definition) is 2. The van der Waals surface area contributed by atoms with Gasteiger partial charge in [0.1, 0.15) is 0 Å². The monoisotopic (exact) mass is 254 g/mol. The van der Waals surface area contributed by atoms with Gasteiger partial charge in [0, 0.05) is 18.0 Å². The summed E-state index contributed by atoms with van der Waals surface area (Å²) in [5, 5.41) is 13.1. The van der Waals surface area contributed by atoms with Crippen molar-refractivity contribution in [2.45, 2.75) is 19.4 Å². The minimum Gasteiger partial charge on any atom is -0.481 e. The highest BCUT2D eigenvalue weighted by Gasteiger charge is 2.21. The van der Waals surface area contributed by atoms with Crippen molar-refractivity contribution >= 4 is 23.3 Å². The molecule has 2 heterocycles. The summed E-state index contributed by atoms with van der Waals surface area (Å²) in [6.45, 7) is 1.51.